The van der Waals surface area contributed by atoms with Gasteiger partial charge >= 0.3 is 17.1 Å². The van der Waals surface area contributed by atoms with Crippen LogP contribution < -0.4 is 21.8 Å². The topological polar surface area (TPSA) is 149 Å². The van der Waals surface area contributed by atoms with E-state index < -0.39 is 28.3 Å². The minimum absolute atomic E-state index is 0.0136. The Balaban J connectivity index is 2.36. The molecule has 0 aromatic carbocycles. The van der Waals surface area contributed by atoms with Crippen LogP contribution in [0.1, 0.15) is 13.3 Å². The molecule has 0 aliphatic heterocycles. The van der Waals surface area contributed by atoms with Crippen molar-refractivity contribution in [3.8, 4) is 0 Å². The van der Waals surface area contributed by atoms with E-state index in [9.17, 15) is 23.1 Å². The van der Waals surface area contributed by atoms with Gasteiger partial charge in [0.2, 0.25) is 0 Å². The van der Waals surface area contributed by atoms with Gasteiger partial charge in [-0.1, -0.05) is 0 Å². The second kappa shape index (κ2) is 7.89. The van der Waals surface area contributed by atoms with Gasteiger partial charge in [-0.3, -0.25) is 14.2 Å². The predicted molar refractivity (Wildman–Crippen MR) is 68.9 cm³/mol. The molecule has 20 heavy (non-hydrogen) atoms. The van der Waals surface area contributed by atoms with Crippen LogP contribution in [0.2, 0.25) is 0 Å². The second-order valence-corrected chi connectivity index (χ2v) is 4.70. The van der Waals surface area contributed by atoms with E-state index >= 15 is 0 Å². The lowest BCUT2D eigenvalue weighted by Gasteiger charge is -2.15. The van der Waals surface area contributed by atoms with E-state index in [-0.39, 0.29) is 25.8 Å². The summed E-state index contributed by atoms with van der Waals surface area (Å²) in [6.45, 7) is 2.01. The molecule has 0 saturated carbocycles. The van der Waals surface area contributed by atoms with Gasteiger partial charge in [-0.2, -0.15) is 0 Å². The first kappa shape index (κ1) is 16.5. The van der Waals surface area contributed by atoms with Crippen molar-refractivity contribution in [2.24, 2.45) is 0 Å². The molecular formula is C9H15N4O6S-. The summed E-state index contributed by atoms with van der Waals surface area (Å²) in [5.74, 6) is 0. The van der Waals surface area contributed by atoms with Crippen LogP contribution in [0.4, 0.5) is 0 Å². The summed E-state index contributed by atoms with van der Waals surface area (Å²) in [7, 11) is 0. The molecule has 1 aromatic heterocycles. The monoisotopic (exact) mass is 307 g/mol. The number of ether oxygens (including phenoxy) is 1. The highest BCUT2D eigenvalue weighted by molar-refractivity contribution is 7.77. The first-order valence-electron chi connectivity index (χ1n) is 5.76. The molecule has 114 valence electrons. The van der Waals surface area contributed by atoms with E-state index in [2.05, 4.69) is 4.72 Å². The third-order valence-electron chi connectivity index (χ3n) is 2.38. The van der Waals surface area contributed by atoms with Crippen LogP contribution in [-0.4, -0.2) is 42.6 Å². The van der Waals surface area contributed by atoms with Crippen molar-refractivity contribution in [2.75, 3.05) is 13.2 Å². The molecule has 2 atom stereocenters. The molecule has 1 aromatic rings. The molecule has 10 nitrogen and oxygen atoms in total. The van der Waals surface area contributed by atoms with Crippen molar-refractivity contribution in [3.63, 3.8) is 0 Å². The molecule has 0 bridgehead atoms. The Bertz CT molecular complexity index is 586. The molecule has 0 radical (unpaired) electrons. The van der Waals surface area contributed by atoms with Gasteiger partial charge in [-0.05, 0) is 13.3 Å². The summed E-state index contributed by atoms with van der Waals surface area (Å²) < 4.78 is 28.9. The lowest BCUT2D eigenvalue weighted by Crippen LogP contribution is -2.43. The summed E-state index contributed by atoms with van der Waals surface area (Å²) in [6.07, 6.45) is 0.449. The Morgan fingerprint density at radius 2 is 1.90 bits per heavy atom. The maximum Gasteiger partial charge on any atom is 0.333 e. The number of H-pyrrole nitrogens is 2. The van der Waals surface area contributed by atoms with Crippen molar-refractivity contribution in [3.05, 3.63) is 31.5 Å². The number of hydrogen-bond acceptors (Lipinski definition) is 6. The van der Waals surface area contributed by atoms with E-state index in [1.165, 1.54) is 0 Å². The highest BCUT2D eigenvalue weighted by Crippen LogP contribution is 1.92. The van der Waals surface area contributed by atoms with Gasteiger partial charge in [-0.15, -0.1) is 0 Å². The maximum absolute atomic E-state index is 11.3. The molecule has 0 aliphatic carbocycles. The van der Waals surface area contributed by atoms with Gasteiger partial charge in [-0.25, -0.2) is 23.7 Å². The first-order valence-corrected chi connectivity index (χ1v) is 6.84. The zero-order valence-electron chi connectivity index (χ0n) is 10.7. The zero-order chi connectivity index (χ0) is 15.1. The van der Waals surface area contributed by atoms with Crippen LogP contribution in [0.3, 0.4) is 0 Å². The number of nitrogens with zero attached hydrogens (tertiary/aromatic N) is 1. The number of rotatable bonds is 8. The Hall–Kier alpha value is -1.56. The van der Waals surface area contributed by atoms with E-state index in [4.69, 9.17) is 4.74 Å². The molecule has 0 spiro atoms. The Kier molecular flexibility index (Phi) is 6.51. The highest BCUT2D eigenvalue weighted by Gasteiger charge is 2.04. The standard InChI is InChI=1S/C9H16N4O6S/c1-6(12-20(17)18)2-4-19-5-3-13-8(15)10-7(14)11-9(13)16/h6,12H,2-5H2,1H3,(H,17,18)(H2,10,11,14,15,16)/p-1. The number of nitrogens with one attached hydrogen (secondary N) is 3. The average molecular weight is 307 g/mol. The van der Waals surface area contributed by atoms with Gasteiger partial charge in [0.15, 0.2) is 0 Å². The summed E-state index contributed by atoms with van der Waals surface area (Å²) in [5, 5.41) is 0. The van der Waals surface area contributed by atoms with Crippen LogP contribution in [0.5, 0.6) is 0 Å². The van der Waals surface area contributed by atoms with Crippen molar-refractivity contribution in [1.29, 1.82) is 0 Å². The Labute approximate surface area is 115 Å². The summed E-state index contributed by atoms with van der Waals surface area (Å²) in [6, 6.07) is -0.271. The lowest BCUT2D eigenvalue weighted by molar-refractivity contribution is 0.117. The quantitative estimate of drug-likeness (QED) is 0.354. The molecule has 0 saturated heterocycles. The smallest absolute Gasteiger partial charge is 0.333 e. The first-order chi connectivity index (χ1) is 9.40. The van der Waals surface area contributed by atoms with Gasteiger partial charge < -0.3 is 9.29 Å². The third kappa shape index (κ3) is 5.61. The Morgan fingerprint density at radius 3 is 2.45 bits per heavy atom. The van der Waals surface area contributed by atoms with Gasteiger partial charge in [0.1, 0.15) is 0 Å². The largest absolute Gasteiger partial charge is 0.760 e. The van der Waals surface area contributed by atoms with Crippen molar-refractivity contribution in [2.45, 2.75) is 25.9 Å². The normalized spacial score (nSPS) is 14.1. The molecule has 0 aliphatic rings. The van der Waals surface area contributed by atoms with Crippen molar-refractivity contribution >= 4 is 11.3 Å². The third-order valence-corrected chi connectivity index (χ3v) is 2.98. The minimum Gasteiger partial charge on any atom is -0.760 e. The van der Waals surface area contributed by atoms with Crippen LogP contribution in [0.25, 0.3) is 0 Å². The second-order valence-electron chi connectivity index (χ2n) is 4.00. The van der Waals surface area contributed by atoms with E-state index in [0.29, 0.717) is 6.42 Å². The van der Waals surface area contributed by atoms with Crippen molar-refractivity contribution < 1.29 is 13.5 Å². The fraction of sp³-hybridized carbons (Fsp3) is 0.667. The van der Waals surface area contributed by atoms with E-state index in [1.807, 2.05) is 9.97 Å². The molecule has 1 heterocycles. The Morgan fingerprint density at radius 1 is 1.30 bits per heavy atom. The van der Waals surface area contributed by atoms with E-state index in [0.717, 1.165) is 4.57 Å². The molecule has 3 N–H and O–H groups in total. The number of aromatic nitrogens is 3. The fourth-order valence-corrected chi connectivity index (χ4v) is 1.84. The molecule has 11 heteroatoms. The van der Waals surface area contributed by atoms with Crippen LogP contribution >= 0.6 is 0 Å². The molecule has 2 unspecified atom stereocenters. The minimum atomic E-state index is -2.32. The van der Waals surface area contributed by atoms with Gasteiger partial charge in [0.25, 0.3) is 0 Å². The molecular weight excluding hydrogens is 292 g/mol. The maximum atomic E-state index is 11.3. The van der Waals surface area contributed by atoms with Crippen molar-refractivity contribution in [1.82, 2.24) is 19.3 Å². The number of hydrogen-bond donors (Lipinski definition) is 3. The van der Waals surface area contributed by atoms with Crippen LogP contribution in [-0.2, 0) is 22.5 Å². The SMILES string of the molecule is CC(CCOCCn1c(=O)[nH]c(=O)[nH]c1=O)NS(=O)[O-]. The summed E-state index contributed by atoms with van der Waals surface area (Å²) >= 11 is -2.32. The van der Waals surface area contributed by atoms with Crippen LogP contribution in [0.15, 0.2) is 14.4 Å². The fourth-order valence-electron chi connectivity index (χ4n) is 1.40. The lowest BCUT2D eigenvalue weighted by atomic mass is 10.3. The molecule has 0 fully saturated rings. The van der Waals surface area contributed by atoms with E-state index in [1.54, 1.807) is 6.92 Å². The van der Waals surface area contributed by atoms with Gasteiger partial charge in [0.05, 0.1) is 13.2 Å². The predicted octanol–water partition coefficient (Wildman–Crippen LogP) is -2.60. The molecule has 0 amide bonds. The summed E-state index contributed by atoms with van der Waals surface area (Å²) in [4.78, 5) is 37.2. The highest BCUT2D eigenvalue weighted by atomic mass is 32.2. The average Bonchev–Trinajstić information content (AvgIpc) is 2.30. The molecule has 1 rings (SSSR count). The number of aromatic amines is 2. The zero-order valence-corrected chi connectivity index (χ0v) is 11.5. The van der Waals surface area contributed by atoms with Gasteiger partial charge in [0, 0.05) is 23.9 Å². The summed E-state index contributed by atoms with van der Waals surface area (Å²) in [5.41, 5.74) is -2.47. The van der Waals surface area contributed by atoms with Crippen LogP contribution in [0, 0.1) is 0 Å².